The lowest BCUT2D eigenvalue weighted by Gasteiger charge is -1.99. The molecule has 3 aromatic rings. The van der Waals surface area contributed by atoms with Gasteiger partial charge in [0, 0.05) is 18.2 Å². The Bertz CT molecular complexity index is 872. The number of thioether (sulfide) groups is 1. The van der Waals surface area contributed by atoms with E-state index in [0.29, 0.717) is 16.9 Å². The van der Waals surface area contributed by atoms with Gasteiger partial charge in [-0.05, 0) is 23.3 Å². The van der Waals surface area contributed by atoms with Crippen molar-refractivity contribution in [3.8, 4) is 11.5 Å². The van der Waals surface area contributed by atoms with Gasteiger partial charge in [-0.3, -0.25) is 0 Å². The van der Waals surface area contributed by atoms with E-state index in [1.54, 1.807) is 13.1 Å². The zero-order valence-corrected chi connectivity index (χ0v) is 14.5. The van der Waals surface area contributed by atoms with Crippen LogP contribution in [-0.4, -0.2) is 21.6 Å². The van der Waals surface area contributed by atoms with E-state index in [2.05, 4.69) is 32.5 Å². The molecule has 25 heavy (non-hydrogen) atoms. The Hall–Kier alpha value is -2.93. The van der Waals surface area contributed by atoms with Gasteiger partial charge in [-0.25, -0.2) is 0 Å². The van der Waals surface area contributed by atoms with Crippen molar-refractivity contribution in [2.24, 2.45) is 15.9 Å². The predicted molar refractivity (Wildman–Crippen MR) is 101 cm³/mol. The molecule has 7 heteroatoms. The van der Waals surface area contributed by atoms with E-state index in [-0.39, 0.29) is 0 Å². The van der Waals surface area contributed by atoms with Crippen LogP contribution in [0.1, 0.15) is 17.0 Å². The van der Waals surface area contributed by atoms with Gasteiger partial charge >= 0.3 is 0 Å². The largest absolute Gasteiger partial charge is 0.421 e. The van der Waals surface area contributed by atoms with Crippen LogP contribution in [-0.2, 0) is 5.75 Å². The maximum Gasteiger partial charge on any atom is 0.247 e. The van der Waals surface area contributed by atoms with Crippen molar-refractivity contribution in [1.29, 1.82) is 0 Å². The third kappa shape index (κ3) is 5.02. The first-order valence-electron chi connectivity index (χ1n) is 7.64. The highest BCUT2D eigenvalue weighted by atomic mass is 32.2. The quantitative estimate of drug-likeness (QED) is 0.431. The van der Waals surface area contributed by atoms with Gasteiger partial charge in [-0.15, -0.1) is 15.3 Å². The number of nitrogens with two attached hydrogens (primary N) is 1. The van der Waals surface area contributed by atoms with E-state index in [0.717, 1.165) is 16.9 Å². The number of benzene rings is 2. The molecule has 0 unspecified atom stereocenters. The average Bonchev–Trinajstić information content (AvgIpc) is 3.08. The molecule has 0 fully saturated rings. The monoisotopic (exact) mass is 351 g/mol. The molecule has 0 saturated heterocycles. The smallest absolute Gasteiger partial charge is 0.247 e. The summed E-state index contributed by atoms with van der Waals surface area (Å²) in [6, 6.07) is 17.7. The molecule has 0 aliphatic rings. The highest BCUT2D eigenvalue weighted by Crippen LogP contribution is 2.17. The fraction of sp³-hybridized carbons (Fsp3) is 0.111. The molecule has 1 heterocycles. The molecule has 0 saturated carbocycles. The Morgan fingerprint density at radius 1 is 1.12 bits per heavy atom. The second-order valence-electron chi connectivity index (χ2n) is 5.21. The molecule has 0 spiro atoms. The van der Waals surface area contributed by atoms with Crippen LogP contribution in [0.3, 0.4) is 0 Å². The van der Waals surface area contributed by atoms with Gasteiger partial charge < -0.3 is 10.2 Å². The minimum Gasteiger partial charge on any atom is -0.421 e. The molecule has 3 rings (SSSR count). The minimum absolute atomic E-state index is 0.429. The van der Waals surface area contributed by atoms with Gasteiger partial charge in [0.25, 0.3) is 0 Å². The zero-order valence-electron chi connectivity index (χ0n) is 13.7. The lowest BCUT2D eigenvalue weighted by atomic mass is 10.1. The molecule has 0 aliphatic heterocycles. The molecule has 6 nitrogen and oxygen atoms in total. The summed E-state index contributed by atoms with van der Waals surface area (Å²) in [4.78, 5) is 0. The molecular weight excluding hydrogens is 334 g/mol. The molecule has 0 amide bonds. The summed E-state index contributed by atoms with van der Waals surface area (Å²) < 4.78 is 5.39. The summed E-state index contributed by atoms with van der Waals surface area (Å²) in [5.74, 6) is 1.81. The van der Waals surface area contributed by atoms with Gasteiger partial charge in [0.05, 0.1) is 6.21 Å². The Labute approximate surface area is 149 Å². The minimum atomic E-state index is 0.429. The second-order valence-corrected chi connectivity index (χ2v) is 6.20. The van der Waals surface area contributed by atoms with Gasteiger partial charge in [0.15, 0.2) is 5.17 Å². The summed E-state index contributed by atoms with van der Waals surface area (Å²) in [5, 5.41) is 16.3. The third-order valence-electron chi connectivity index (χ3n) is 3.28. The molecule has 1 aromatic heterocycles. The zero-order chi connectivity index (χ0) is 17.5. The van der Waals surface area contributed by atoms with Crippen LogP contribution in [0.2, 0.25) is 0 Å². The van der Waals surface area contributed by atoms with Crippen LogP contribution < -0.4 is 5.73 Å². The predicted octanol–water partition coefficient (Wildman–Crippen LogP) is 3.63. The Morgan fingerprint density at radius 2 is 1.88 bits per heavy atom. The molecule has 0 radical (unpaired) electrons. The average molecular weight is 351 g/mol. The van der Waals surface area contributed by atoms with Gasteiger partial charge in [-0.1, -0.05) is 54.2 Å². The van der Waals surface area contributed by atoms with Crippen molar-refractivity contribution in [2.75, 3.05) is 0 Å². The number of amidine groups is 1. The van der Waals surface area contributed by atoms with Crippen LogP contribution in [0.25, 0.3) is 11.5 Å². The van der Waals surface area contributed by atoms with Crippen LogP contribution in [0, 0.1) is 6.92 Å². The Morgan fingerprint density at radius 3 is 2.56 bits per heavy atom. The number of hydrogen-bond acceptors (Lipinski definition) is 6. The van der Waals surface area contributed by atoms with Crippen molar-refractivity contribution in [3.63, 3.8) is 0 Å². The summed E-state index contributed by atoms with van der Waals surface area (Å²) in [6.07, 6.45) is 1.65. The first kappa shape index (κ1) is 16.9. The van der Waals surface area contributed by atoms with Crippen molar-refractivity contribution in [2.45, 2.75) is 12.7 Å². The highest BCUT2D eigenvalue weighted by Gasteiger charge is 2.04. The highest BCUT2D eigenvalue weighted by molar-refractivity contribution is 8.13. The number of nitrogens with zero attached hydrogens (tertiary/aromatic N) is 4. The van der Waals surface area contributed by atoms with E-state index in [1.165, 1.54) is 17.3 Å². The lowest BCUT2D eigenvalue weighted by Crippen LogP contribution is -2.05. The van der Waals surface area contributed by atoms with Gasteiger partial charge in [0.1, 0.15) is 0 Å². The number of hydrogen-bond donors (Lipinski definition) is 1. The van der Waals surface area contributed by atoms with Crippen molar-refractivity contribution < 1.29 is 4.42 Å². The van der Waals surface area contributed by atoms with E-state index >= 15 is 0 Å². The fourth-order valence-electron chi connectivity index (χ4n) is 2.04. The summed E-state index contributed by atoms with van der Waals surface area (Å²) in [5.41, 5.74) is 8.82. The Balaban J connectivity index is 1.56. The normalized spacial score (nSPS) is 12.0. The number of aromatic nitrogens is 2. The van der Waals surface area contributed by atoms with Gasteiger partial charge in [-0.2, -0.15) is 5.10 Å². The SMILES string of the molecule is Cc1nnc(-c2ccc(C=NN=C(N)SCc3ccccc3)cc2)o1. The van der Waals surface area contributed by atoms with Crippen molar-refractivity contribution >= 4 is 23.1 Å². The van der Waals surface area contributed by atoms with Crippen molar-refractivity contribution in [1.82, 2.24) is 10.2 Å². The lowest BCUT2D eigenvalue weighted by molar-refractivity contribution is 0.533. The third-order valence-corrected chi connectivity index (χ3v) is 4.13. The van der Waals surface area contributed by atoms with Crippen molar-refractivity contribution in [3.05, 3.63) is 71.6 Å². The van der Waals surface area contributed by atoms with Crippen LogP contribution in [0.15, 0.2) is 69.2 Å². The molecule has 0 atom stereocenters. The second kappa shape index (κ2) is 8.25. The topological polar surface area (TPSA) is 89.7 Å². The first-order chi connectivity index (χ1) is 12.2. The van der Waals surface area contributed by atoms with Crippen LogP contribution in [0.5, 0.6) is 0 Å². The van der Waals surface area contributed by atoms with Gasteiger partial charge in [0.2, 0.25) is 11.8 Å². The number of rotatable bonds is 5. The van der Waals surface area contributed by atoms with E-state index in [4.69, 9.17) is 10.2 Å². The molecular formula is C18H17N5OS. The van der Waals surface area contributed by atoms with E-state index in [9.17, 15) is 0 Å². The molecule has 2 aromatic carbocycles. The maximum atomic E-state index is 5.86. The molecule has 126 valence electrons. The number of aryl methyl sites for hydroxylation is 1. The van der Waals surface area contributed by atoms with Crippen LogP contribution >= 0.6 is 11.8 Å². The van der Waals surface area contributed by atoms with E-state index in [1.807, 2.05) is 42.5 Å². The molecule has 0 aliphatic carbocycles. The summed E-state index contributed by atoms with van der Waals surface area (Å²) >= 11 is 1.45. The summed E-state index contributed by atoms with van der Waals surface area (Å²) in [6.45, 7) is 1.76. The fourth-order valence-corrected chi connectivity index (χ4v) is 2.65. The standard InChI is InChI=1S/C18H17N5OS/c1-13-21-22-17(24-13)16-9-7-14(8-10-16)11-20-23-18(19)25-12-15-5-3-2-4-6-15/h2-11H,12H2,1H3,(H2,19,23). The van der Waals surface area contributed by atoms with E-state index < -0.39 is 0 Å². The summed E-state index contributed by atoms with van der Waals surface area (Å²) in [7, 11) is 0. The van der Waals surface area contributed by atoms with Crippen LogP contribution in [0.4, 0.5) is 0 Å². The molecule has 2 N–H and O–H groups in total. The first-order valence-corrected chi connectivity index (χ1v) is 8.63. The molecule has 0 bridgehead atoms. The maximum absolute atomic E-state index is 5.86. The Kier molecular flexibility index (Phi) is 5.58.